The molecule has 5 nitrogen and oxygen atoms in total. The van der Waals surface area contributed by atoms with Crippen molar-refractivity contribution < 1.29 is 22.7 Å². The number of benzene rings is 1. The molecule has 0 aliphatic rings. The molecule has 1 aromatic rings. The Morgan fingerprint density at radius 3 is 2.48 bits per heavy atom. The summed E-state index contributed by atoms with van der Waals surface area (Å²) < 4.78 is 40.5. The summed E-state index contributed by atoms with van der Waals surface area (Å²) in [6.07, 6.45) is 1.45. The van der Waals surface area contributed by atoms with Crippen molar-refractivity contribution in [1.29, 1.82) is 0 Å². The minimum Gasteiger partial charge on any atom is -0.478 e. The average Bonchev–Trinajstić information content (AvgIpc) is 2.41. The molecule has 0 saturated heterocycles. The summed E-state index contributed by atoms with van der Waals surface area (Å²) in [6.45, 7) is 4.03. The van der Waals surface area contributed by atoms with E-state index in [1.165, 1.54) is 0 Å². The fraction of sp³-hybridized carbons (Fsp3) is 0.462. The minimum atomic E-state index is -4.07. The van der Waals surface area contributed by atoms with Gasteiger partial charge in [0.1, 0.15) is 4.90 Å². The summed E-state index contributed by atoms with van der Waals surface area (Å²) in [5.41, 5.74) is -0.672. The Labute approximate surface area is 131 Å². The molecule has 0 amide bonds. The third kappa shape index (κ3) is 4.02. The van der Waals surface area contributed by atoms with E-state index in [1.807, 2.05) is 6.92 Å². The van der Waals surface area contributed by atoms with E-state index in [2.05, 4.69) is 15.9 Å². The van der Waals surface area contributed by atoms with Crippen LogP contribution in [0.25, 0.3) is 0 Å². The fourth-order valence-electron chi connectivity index (χ4n) is 1.83. The number of carbonyl (C=O) groups is 1. The zero-order valence-electron chi connectivity index (χ0n) is 11.8. The van der Waals surface area contributed by atoms with Crippen LogP contribution in [0.4, 0.5) is 4.39 Å². The lowest BCUT2D eigenvalue weighted by Gasteiger charge is -2.21. The molecular weight excluding hydrogens is 365 g/mol. The highest BCUT2D eigenvalue weighted by atomic mass is 79.9. The maximum atomic E-state index is 14.2. The molecule has 1 aromatic carbocycles. The fourth-order valence-corrected chi connectivity index (χ4v) is 4.04. The van der Waals surface area contributed by atoms with E-state index in [9.17, 15) is 17.6 Å². The Hall–Kier alpha value is -0.990. The summed E-state index contributed by atoms with van der Waals surface area (Å²) in [6, 6.07) is 2.13. The summed E-state index contributed by atoms with van der Waals surface area (Å²) in [4.78, 5) is 10.4. The molecule has 0 fully saturated rings. The number of unbranched alkanes of at least 4 members (excludes halogenated alkanes) is 1. The SMILES string of the molecule is CCCCN(CC)S(=O)(=O)c1cc(Br)cc(C(=O)O)c1F. The molecule has 0 bridgehead atoms. The second-order valence-electron chi connectivity index (χ2n) is 4.42. The maximum absolute atomic E-state index is 14.2. The second-order valence-corrected chi connectivity index (χ2v) is 7.24. The van der Waals surface area contributed by atoms with E-state index in [0.29, 0.717) is 6.42 Å². The van der Waals surface area contributed by atoms with E-state index in [0.717, 1.165) is 22.9 Å². The van der Waals surface area contributed by atoms with Crippen molar-refractivity contribution >= 4 is 31.9 Å². The lowest BCUT2D eigenvalue weighted by molar-refractivity contribution is 0.0691. The van der Waals surface area contributed by atoms with Gasteiger partial charge in [-0.15, -0.1) is 0 Å². The van der Waals surface area contributed by atoms with Gasteiger partial charge in [-0.3, -0.25) is 0 Å². The zero-order chi connectivity index (χ0) is 16.2. The highest BCUT2D eigenvalue weighted by Crippen LogP contribution is 2.26. The van der Waals surface area contributed by atoms with Crippen molar-refractivity contribution in [3.63, 3.8) is 0 Å². The summed E-state index contributed by atoms with van der Waals surface area (Å²) in [7, 11) is -4.07. The first-order valence-corrected chi connectivity index (χ1v) is 8.71. The van der Waals surface area contributed by atoms with Crippen molar-refractivity contribution in [2.24, 2.45) is 0 Å². The van der Waals surface area contributed by atoms with Gasteiger partial charge in [-0.1, -0.05) is 36.2 Å². The first-order valence-electron chi connectivity index (χ1n) is 6.48. The summed E-state index contributed by atoms with van der Waals surface area (Å²) in [5.74, 6) is -2.75. The van der Waals surface area contributed by atoms with Gasteiger partial charge in [0.25, 0.3) is 0 Å². The van der Waals surface area contributed by atoms with Gasteiger partial charge in [0, 0.05) is 17.6 Å². The topological polar surface area (TPSA) is 74.7 Å². The number of carboxylic acids is 1. The number of hydrogen-bond acceptors (Lipinski definition) is 3. The van der Waals surface area contributed by atoms with Crippen molar-refractivity contribution in [1.82, 2.24) is 4.31 Å². The van der Waals surface area contributed by atoms with E-state index >= 15 is 0 Å². The third-order valence-corrected chi connectivity index (χ3v) is 5.40. The van der Waals surface area contributed by atoms with Crippen LogP contribution in [-0.4, -0.2) is 36.9 Å². The quantitative estimate of drug-likeness (QED) is 0.787. The van der Waals surface area contributed by atoms with Gasteiger partial charge < -0.3 is 5.11 Å². The van der Waals surface area contributed by atoms with Crippen LogP contribution in [0.15, 0.2) is 21.5 Å². The normalized spacial score (nSPS) is 11.9. The van der Waals surface area contributed by atoms with Crippen LogP contribution in [0, 0.1) is 5.82 Å². The molecule has 8 heteroatoms. The molecule has 118 valence electrons. The van der Waals surface area contributed by atoms with Crippen molar-refractivity contribution in [2.45, 2.75) is 31.6 Å². The largest absolute Gasteiger partial charge is 0.478 e. The standard InChI is InChI=1S/C13H17BrFNO4S/c1-3-5-6-16(4-2)21(19,20)11-8-9(14)7-10(12(11)15)13(17)18/h7-8H,3-6H2,1-2H3,(H,17,18). The van der Waals surface area contributed by atoms with Crippen LogP contribution in [-0.2, 0) is 10.0 Å². The van der Waals surface area contributed by atoms with Crippen LogP contribution in [0.5, 0.6) is 0 Å². The Morgan fingerprint density at radius 2 is 2.00 bits per heavy atom. The second kappa shape index (κ2) is 7.33. The first-order chi connectivity index (χ1) is 9.75. The molecule has 1 N–H and O–H groups in total. The van der Waals surface area contributed by atoms with E-state index in [-0.39, 0.29) is 17.6 Å². The van der Waals surface area contributed by atoms with Crippen LogP contribution < -0.4 is 0 Å². The van der Waals surface area contributed by atoms with Crippen molar-refractivity contribution in [3.05, 3.63) is 28.0 Å². The number of aromatic carboxylic acids is 1. The first kappa shape index (κ1) is 18.1. The number of hydrogen-bond donors (Lipinski definition) is 1. The monoisotopic (exact) mass is 381 g/mol. The van der Waals surface area contributed by atoms with Gasteiger partial charge in [0.15, 0.2) is 5.82 Å². The van der Waals surface area contributed by atoms with Gasteiger partial charge in [0.05, 0.1) is 5.56 Å². The Balaban J connectivity index is 3.40. The van der Waals surface area contributed by atoms with Gasteiger partial charge in [-0.2, -0.15) is 4.31 Å². The number of rotatable bonds is 7. The lowest BCUT2D eigenvalue weighted by atomic mass is 10.2. The van der Waals surface area contributed by atoms with Gasteiger partial charge in [0.2, 0.25) is 10.0 Å². The minimum absolute atomic E-state index is 0.191. The van der Waals surface area contributed by atoms with Crippen LogP contribution >= 0.6 is 15.9 Å². The van der Waals surface area contributed by atoms with E-state index < -0.39 is 32.3 Å². The Bertz CT molecular complexity index is 633. The molecule has 0 radical (unpaired) electrons. The Morgan fingerprint density at radius 1 is 1.38 bits per heavy atom. The smallest absolute Gasteiger partial charge is 0.338 e. The molecule has 0 aliphatic carbocycles. The number of halogens is 2. The molecule has 0 aliphatic heterocycles. The lowest BCUT2D eigenvalue weighted by Crippen LogP contribution is -2.32. The molecule has 0 atom stereocenters. The molecule has 0 unspecified atom stereocenters. The van der Waals surface area contributed by atoms with Gasteiger partial charge in [-0.25, -0.2) is 17.6 Å². The highest BCUT2D eigenvalue weighted by Gasteiger charge is 2.29. The molecular formula is C13H17BrFNO4S. The molecule has 21 heavy (non-hydrogen) atoms. The summed E-state index contributed by atoms with van der Waals surface area (Å²) in [5, 5.41) is 8.95. The van der Waals surface area contributed by atoms with E-state index in [4.69, 9.17) is 5.11 Å². The van der Waals surface area contributed by atoms with Crippen LogP contribution in [0.1, 0.15) is 37.0 Å². The number of nitrogens with zero attached hydrogens (tertiary/aromatic N) is 1. The highest BCUT2D eigenvalue weighted by molar-refractivity contribution is 9.10. The maximum Gasteiger partial charge on any atom is 0.338 e. The van der Waals surface area contributed by atoms with Crippen LogP contribution in [0.3, 0.4) is 0 Å². The summed E-state index contributed by atoms with van der Waals surface area (Å²) >= 11 is 3.02. The Kier molecular flexibility index (Phi) is 6.30. The average molecular weight is 382 g/mol. The molecule has 0 spiro atoms. The number of carboxylic acid groups (broad SMARTS) is 1. The molecule has 0 heterocycles. The van der Waals surface area contributed by atoms with E-state index in [1.54, 1.807) is 6.92 Å². The van der Waals surface area contributed by atoms with Crippen molar-refractivity contribution in [2.75, 3.05) is 13.1 Å². The van der Waals surface area contributed by atoms with Gasteiger partial charge >= 0.3 is 5.97 Å². The molecule has 0 aromatic heterocycles. The molecule has 0 saturated carbocycles. The van der Waals surface area contributed by atoms with Gasteiger partial charge in [-0.05, 0) is 18.6 Å². The van der Waals surface area contributed by atoms with Crippen LogP contribution in [0.2, 0.25) is 0 Å². The molecule has 1 rings (SSSR count). The zero-order valence-corrected chi connectivity index (χ0v) is 14.2. The van der Waals surface area contributed by atoms with Crippen molar-refractivity contribution in [3.8, 4) is 0 Å². The number of sulfonamides is 1. The predicted molar refractivity (Wildman–Crippen MR) is 80.4 cm³/mol. The predicted octanol–water partition coefficient (Wildman–Crippen LogP) is 3.10. The third-order valence-electron chi connectivity index (χ3n) is 2.97.